The van der Waals surface area contributed by atoms with Crippen molar-refractivity contribution in [1.82, 2.24) is 16.0 Å². The molecule has 1 aromatic rings. The summed E-state index contributed by atoms with van der Waals surface area (Å²) in [7, 11) is 1.58. The number of hydrogen-bond acceptors (Lipinski definition) is 7. The first kappa shape index (κ1) is 30.7. The minimum atomic E-state index is -0.947. The molecule has 2 fully saturated rings. The van der Waals surface area contributed by atoms with Crippen LogP contribution >= 0.6 is 0 Å². The fourth-order valence-corrected chi connectivity index (χ4v) is 5.31. The molecule has 0 spiro atoms. The molecule has 0 bridgehead atoms. The highest BCUT2D eigenvalue weighted by molar-refractivity contribution is 5.98. The van der Waals surface area contributed by atoms with Crippen molar-refractivity contribution in [3.05, 3.63) is 41.5 Å². The van der Waals surface area contributed by atoms with E-state index in [0.717, 1.165) is 43.2 Å². The first-order chi connectivity index (χ1) is 19.7. The van der Waals surface area contributed by atoms with Crippen molar-refractivity contribution in [2.75, 3.05) is 26.9 Å². The number of carbonyl (C=O) groups is 4. The highest BCUT2D eigenvalue weighted by atomic mass is 16.6. The summed E-state index contributed by atoms with van der Waals surface area (Å²) in [5.41, 5.74) is 1.07. The van der Waals surface area contributed by atoms with Crippen LogP contribution in [0.25, 0.3) is 0 Å². The lowest BCUT2D eigenvalue weighted by molar-refractivity contribution is -0.134. The number of allylic oxidation sites excluding steroid dienone is 1. The molecule has 0 saturated carbocycles. The van der Waals surface area contributed by atoms with Crippen molar-refractivity contribution in [3.8, 4) is 5.75 Å². The zero-order chi connectivity index (χ0) is 29.4. The normalized spacial score (nSPS) is 22.6. The number of benzene rings is 1. The minimum absolute atomic E-state index is 0.00498. The summed E-state index contributed by atoms with van der Waals surface area (Å²) >= 11 is 0. The number of nitrogens with one attached hydrogen (secondary N) is 3. The number of carbonyl (C=O) groups excluding carboxylic acids is 4. The summed E-state index contributed by atoms with van der Waals surface area (Å²) in [6.07, 6.45) is 7.17. The molecule has 0 aromatic heterocycles. The van der Waals surface area contributed by atoms with Gasteiger partial charge in [-0.25, -0.2) is 0 Å². The average Bonchev–Trinajstić information content (AvgIpc) is 3.51. The van der Waals surface area contributed by atoms with Gasteiger partial charge in [0.15, 0.2) is 5.78 Å². The van der Waals surface area contributed by atoms with Gasteiger partial charge in [0.1, 0.15) is 17.4 Å². The Morgan fingerprint density at radius 2 is 1.71 bits per heavy atom. The largest absolute Gasteiger partial charge is 0.497 e. The zero-order valence-corrected chi connectivity index (χ0v) is 24.3. The Morgan fingerprint density at radius 1 is 1.02 bits per heavy atom. The number of amides is 3. The summed E-state index contributed by atoms with van der Waals surface area (Å²) in [6.45, 7) is 4.95. The van der Waals surface area contributed by atoms with E-state index >= 15 is 0 Å². The van der Waals surface area contributed by atoms with E-state index in [1.165, 1.54) is 0 Å². The lowest BCUT2D eigenvalue weighted by Crippen LogP contribution is -2.55. The maximum Gasteiger partial charge on any atom is 0.243 e. The predicted octanol–water partition coefficient (Wildman–Crippen LogP) is 2.39. The molecule has 0 unspecified atom stereocenters. The van der Waals surface area contributed by atoms with Crippen LogP contribution in [0.4, 0.5) is 0 Å². The molecule has 10 nitrogen and oxygen atoms in total. The van der Waals surface area contributed by atoms with Gasteiger partial charge in [-0.05, 0) is 63.1 Å². The van der Waals surface area contributed by atoms with Crippen LogP contribution in [0, 0.1) is 5.92 Å². The molecule has 1 aromatic carbocycles. The molecule has 10 heteroatoms. The molecular formula is C31H43N3O7. The molecule has 224 valence electrons. The van der Waals surface area contributed by atoms with E-state index in [4.69, 9.17) is 14.2 Å². The molecule has 2 heterocycles. The number of epoxide rings is 1. The Bertz CT molecular complexity index is 1120. The van der Waals surface area contributed by atoms with E-state index in [1.54, 1.807) is 33.1 Å². The smallest absolute Gasteiger partial charge is 0.243 e. The second-order valence-corrected chi connectivity index (χ2v) is 11.6. The van der Waals surface area contributed by atoms with Crippen LogP contribution in [-0.2, 0) is 35.1 Å². The van der Waals surface area contributed by atoms with Gasteiger partial charge in [0, 0.05) is 38.0 Å². The van der Waals surface area contributed by atoms with Crippen LogP contribution in [0.2, 0.25) is 0 Å². The Labute approximate surface area is 241 Å². The van der Waals surface area contributed by atoms with Crippen molar-refractivity contribution in [2.24, 2.45) is 5.92 Å². The molecule has 2 aliphatic heterocycles. The number of hydrogen-bond donors (Lipinski definition) is 3. The molecule has 3 aliphatic rings. The Balaban J connectivity index is 1.44. The fraction of sp³-hybridized carbons (Fsp3) is 0.613. The average molecular weight is 570 g/mol. The van der Waals surface area contributed by atoms with Crippen molar-refractivity contribution in [2.45, 2.75) is 88.9 Å². The number of rotatable bonds is 14. The summed E-state index contributed by atoms with van der Waals surface area (Å²) in [6, 6.07) is 5.60. The summed E-state index contributed by atoms with van der Waals surface area (Å²) in [5, 5.41) is 8.77. The fourth-order valence-electron chi connectivity index (χ4n) is 5.31. The summed E-state index contributed by atoms with van der Waals surface area (Å²) in [4.78, 5) is 52.8. The van der Waals surface area contributed by atoms with Gasteiger partial charge in [-0.3, -0.25) is 19.2 Å². The van der Waals surface area contributed by atoms with Crippen molar-refractivity contribution in [3.63, 3.8) is 0 Å². The molecular weight excluding hydrogens is 526 g/mol. The first-order valence-electron chi connectivity index (χ1n) is 14.6. The Morgan fingerprint density at radius 3 is 2.32 bits per heavy atom. The van der Waals surface area contributed by atoms with Crippen LogP contribution in [-0.4, -0.2) is 74.2 Å². The van der Waals surface area contributed by atoms with E-state index in [1.807, 2.05) is 12.1 Å². The van der Waals surface area contributed by atoms with Gasteiger partial charge in [-0.1, -0.05) is 30.7 Å². The van der Waals surface area contributed by atoms with E-state index < -0.39 is 35.4 Å². The van der Waals surface area contributed by atoms with E-state index in [-0.39, 0.29) is 30.6 Å². The quantitative estimate of drug-likeness (QED) is 0.231. The Kier molecular flexibility index (Phi) is 10.6. The van der Waals surface area contributed by atoms with Crippen LogP contribution in [0.5, 0.6) is 5.75 Å². The maximum atomic E-state index is 13.7. The van der Waals surface area contributed by atoms with E-state index in [0.29, 0.717) is 32.0 Å². The molecule has 4 atom stereocenters. The highest BCUT2D eigenvalue weighted by Crippen LogP contribution is 2.31. The third-order valence-corrected chi connectivity index (χ3v) is 8.09. The van der Waals surface area contributed by atoms with Crippen LogP contribution < -0.4 is 20.7 Å². The van der Waals surface area contributed by atoms with Crippen molar-refractivity contribution >= 4 is 23.5 Å². The first-order valence-corrected chi connectivity index (χ1v) is 14.6. The third kappa shape index (κ3) is 8.87. The number of Topliss-reactive ketones (excluding diaryl/α,β-unsaturated/α-hetero) is 1. The highest BCUT2D eigenvalue weighted by Gasteiger charge is 2.50. The summed E-state index contributed by atoms with van der Waals surface area (Å²) < 4.78 is 16.0. The SMILES string of the molecule is COc1ccc(C[C@H](NC(=O)[C@H](C)CC(=O)NC2CCOCC2)C(=O)N[C@@H](CC2=CCCC2)C(=O)[C@@]2(C)CO2)cc1. The van der Waals surface area contributed by atoms with Gasteiger partial charge < -0.3 is 30.2 Å². The Hall–Kier alpha value is -3.24. The molecule has 2 saturated heterocycles. The van der Waals surface area contributed by atoms with Gasteiger partial charge in [0.2, 0.25) is 17.7 Å². The number of ether oxygens (including phenoxy) is 3. The van der Waals surface area contributed by atoms with Gasteiger partial charge >= 0.3 is 0 Å². The molecule has 1 aliphatic carbocycles. The standard InChI is InChI=1S/C31H43N3O7/c1-20(16-27(35)32-23-12-14-40-15-13-23)29(37)34-26(18-22-8-10-24(39-3)11-9-22)30(38)33-25(17-21-6-4-5-7-21)28(36)31(2)19-41-31/h6,8-11,20,23,25-26H,4-5,7,12-19H2,1-3H3,(H,32,35)(H,33,38)(H,34,37)/t20-,25+,26+,31-/m1/s1. The predicted molar refractivity (Wildman–Crippen MR) is 152 cm³/mol. The molecule has 3 N–H and O–H groups in total. The molecule has 4 rings (SSSR count). The van der Waals surface area contributed by atoms with Gasteiger partial charge in [0.05, 0.1) is 19.8 Å². The van der Waals surface area contributed by atoms with E-state index in [2.05, 4.69) is 22.0 Å². The van der Waals surface area contributed by atoms with E-state index in [9.17, 15) is 19.2 Å². The van der Waals surface area contributed by atoms with Crippen molar-refractivity contribution in [1.29, 1.82) is 0 Å². The second-order valence-electron chi connectivity index (χ2n) is 11.6. The van der Waals surface area contributed by atoms with Crippen LogP contribution in [0.3, 0.4) is 0 Å². The molecule has 3 amide bonds. The lowest BCUT2D eigenvalue weighted by Gasteiger charge is -2.26. The van der Waals surface area contributed by atoms with Crippen molar-refractivity contribution < 1.29 is 33.4 Å². The van der Waals surface area contributed by atoms with Gasteiger partial charge in [-0.2, -0.15) is 0 Å². The summed E-state index contributed by atoms with van der Waals surface area (Å²) in [5.74, 6) is -1.19. The zero-order valence-electron chi connectivity index (χ0n) is 24.3. The second kappa shape index (κ2) is 14.1. The lowest BCUT2D eigenvalue weighted by atomic mass is 9.93. The topological polar surface area (TPSA) is 135 Å². The van der Waals surface area contributed by atoms with Gasteiger partial charge in [0.25, 0.3) is 0 Å². The number of ketones is 1. The monoisotopic (exact) mass is 569 g/mol. The van der Waals surface area contributed by atoms with Crippen LogP contribution in [0.15, 0.2) is 35.9 Å². The number of methoxy groups -OCH3 is 1. The minimum Gasteiger partial charge on any atom is -0.497 e. The molecule has 0 radical (unpaired) electrons. The third-order valence-electron chi connectivity index (χ3n) is 8.09. The maximum absolute atomic E-state index is 13.7. The van der Waals surface area contributed by atoms with Gasteiger partial charge in [-0.15, -0.1) is 0 Å². The van der Waals surface area contributed by atoms with Crippen LogP contribution in [0.1, 0.15) is 64.4 Å². The molecule has 41 heavy (non-hydrogen) atoms.